The number of benzene rings is 1. The minimum absolute atomic E-state index is 0.0372. The Balaban J connectivity index is 1.34. The molecular formula is C21H30N4O. The number of hydrogen-bond donors (Lipinski definition) is 2. The maximum absolute atomic E-state index is 12.4. The van der Waals surface area contributed by atoms with Crippen LogP contribution in [0, 0.1) is 0 Å². The monoisotopic (exact) mass is 354 g/mol. The molecule has 140 valence electrons. The van der Waals surface area contributed by atoms with Gasteiger partial charge in [0.05, 0.1) is 11.7 Å². The van der Waals surface area contributed by atoms with Crippen LogP contribution >= 0.6 is 0 Å². The van der Waals surface area contributed by atoms with Gasteiger partial charge in [-0.1, -0.05) is 43.2 Å². The fourth-order valence-electron chi connectivity index (χ4n) is 3.53. The van der Waals surface area contributed by atoms with Gasteiger partial charge in [-0.15, -0.1) is 0 Å². The highest BCUT2D eigenvalue weighted by Crippen LogP contribution is 2.18. The highest BCUT2D eigenvalue weighted by Gasteiger charge is 2.23. The molecule has 2 heterocycles. The quantitative estimate of drug-likeness (QED) is 0.714. The van der Waals surface area contributed by atoms with Crippen molar-refractivity contribution in [3.05, 3.63) is 42.1 Å². The number of aromatic amines is 1. The second-order valence-corrected chi connectivity index (χ2v) is 7.22. The first-order chi connectivity index (χ1) is 12.7. The van der Waals surface area contributed by atoms with Crippen LogP contribution in [0.25, 0.3) is 11.3 Å². The molecule has 1 aliphatic rings. The topological polar surface area (TPSA) is 61.0 Å². The molecule has 1 unspecified atom stereocenters. The first kappa shape index (κ1) is 18.6. The average molecular weight is 354 g/mol. The summed E-state index contributed by atoms with van der Waals surface area (Å²) in [5.41, 5.74) is 3.33. The van der Waals surface area contributed by atoms with Gasteiger partial charge in [0, 0.05) is 24.8 Å². The van der Waals surface area contributed by atoms with Gasteiger partial charge in [-0.25, -0.2) is 0 Å². The fourth-order valence-corrected chi connectivity index (χ4v) is 3.53. The lowest BCUT2D eigenvalue weighted by Gasteiger charge is -2.27. The molecule has 0 aliphatic carbocycles. The van der Waals surface area contributed by atoms with Gasteiger partial charge in [0.1, 0.15) is 0 Å². The van der Waals surface area contributed by atoms with Crippen molar-refractivity contribution in [3.63, 3.8) is 0 Å². The van der Waals surface area contributed by atoms with E-state index in [9.17, 15) is 4.79 Å². The Kier molecular flexibility index (Phi) is 6.83. The molecule has 2 N–H and O–H groups in total. The molecule has 1 atom stereocenters. The zero-order chi connectivity index (χ0) is 18.2. The number of hydrogen-bond acceptors (Lipinski definition) is 3. The van der Waals surface area contributed by atoms with Gasteiger partial charge < -0.3 is 10.2 Å². The molecule has 26 heavy (non-hydrogen) atoms. The molecule has 1 saturated heterocycles. The fraction of sp³-hybridized carbons (Fsp3) is 0.524. The largest absolute Gasteiger partial charge is 0.344 e. The predicted octanol–water partition coefficient (Wildman–Crippen LogP) is 3.39. The molecule has 0 radical (unpaired) electrons. The molecule has 1 amide bonds. The predicted molar refractivity (Wildman–Crippen MR) is 105 cm³/mol. The molecule has 5 nitrogen and oxygen atoms in total. The number of rotatable bonds is 8. The summed E-state index contributed by atoms with van der Waals surface area (Å²) in [6.45, 7) is 1.81. The number of piperidine rings is 1. The number of carbonyl (C=O) groups excluding carboxylic acids is 1. The number of unbranched alkanes of at least 4 members (excludes halogenated alkanes) is 2. The Bertz CT molecular complexity index is 676. The Labute approximate surface area is 156 Å². The Morgan fingerprint density at radius 2 is 2.04 bits per heavy atom. The van der Waals surface area contributed by atoms with Crippen LogP contribution in [0.5, 0.6) is 0 Å². The van der Waals surface area contributed by atoms with Gasteiger partial charge in [-0.3, -0.25) is 9.89 Å². The highest BCUT2D eigenvalue weighted by molar-refractivity contribution is 5.81. The van der Waals surface area contributed by atoms with E-state index in [0.29, 0.717) is 0 Å². The summed E-state index contributed by atoms with van der Waals surface area (Å²) < 4.78 is 0. The third kappa shape index (κ3) is 5.18. The van der Waals surface area contributed by atoms with Crippen LogP contribution in [-0.2, 0) is 11.2 Å². The summed E-state index contributed by atoms with van der Waals surface area (Å²) in [5, 5.41) is 10.9. The summed E-state index contributed by atoms with van der Waals surface area (Å²) in [7, 11) is 1.93. The second-order valence-electron chi connectivity index (χ2n) is 7.22. The standard InChI is InChI=1S/C21H30N4O/c1-25(21(26)19-13-7-8-14-22-19)15-9-3-6-12-18-16-20(24-23-18)17-10-4-2-5-11-17/h2,4-5,10-11,16,19,22H,3,6-9,12-15H2,1H3,(H,23,24). The molecule has 0 bridgehead atoms. The number of carbonyl (C=O) groups is 1. The Hall–Kier alpha value is -2.14. The van der Waals surface area contributed by atoms with E-state index in [1.165, 1.54) is 12.1 Å². The van der Waals surface area contributed by atoms with Crippen molar-refractivity contribution in [2.75, 3.05) is 20.1 Å². The van der Waals surface area contributed by atoms with Crippen LogP contribution in [0.15, 0.2) is 36.4 Å². The minimum atomic E-state index is 0.0372. The van der Waals surface area contributed by atoms with Gasteiger partial charge in [0.25, 0.3) is 0 Å². The van der Waals surface area contributed by atoms with Gasteiger partial charge >= 0.3 is 0 Å². The molecule has 2 aromatic rings. The average Bonchev–Trinajstić information content (AvgIpc) is 3.17. The Morgan fingerprint density at radius 1 is 1.19 bits per heavy atom. The van der Waals surface area contributed by atoms with Crippen molar-refractivity contribution < 1.29 is 4.79 Å². The number of amides is 1. The molecule has 5 heteroatoms. The SMILES string of the molecule is CN(CCCCCc1cc(-c2ccccc2)n[nH]1)C(=O)C1CCCCN1. The normalized spacial score (nSPS) is 17.2. The van der Waals surface area contributed by atoms with E-state index >= 15 is 0 Å². The smallest absolute Gasteiger partial charge is 0.239 e. The number of nitrogens with one attached hydrogen (secondary N) is 2. The molecule has 0 spiro atoms. The van der Waals surface area contributed by atoms with Crippen molar-refractivity contribution in [3.8, 4) is 11.3 Å². The van der Waals surface area contributed by atoms with E-state index in [1.54, 1.807) is 0 Å². The summed E-state index contributed by atoms with van der Waals surface area (Å²) >= 11 is 0. The lowest BCUT2D eigenvalue weighted by atomic mass is 10.0. The van der Waals surface area contributed by atoms with E-state index < -0.39 is 0 Å². The van der Waals surface area contributed by atoms with Gasteiger partial charge in [0.15, 0.2) is 0 Å². The van der Waals surface area contributed by atoms with Crippen molar-refractivity contribution in [1.82, 2.24) is 20.4 Å². The van der Waals surface area contributed by atoms with Crippen LogP contribution in [0.4, 0.5) is 0 Å². The number of H-pyrrole nitrogens is 1. The maximum Gasteiger partial charge on any atom is 0.239 e. The molecule has 3 rings (SSSR count). The lowest BCUT2D eigenvalue weighted by molar-refractivity contribution is -0.132. The summed E-state index contributed by atoms with van der Waals surface area (Å²) in [6.07, 6.45) is 7.61. The summed E-state index contributed by atoms with van der Waals surface area (Å²) in [6, 6.07) is 12.4. The Morgan fingerprint density at radius 3 is 2.81 bits per heavy atom. The number of aryl methyl sites for hydroxylation is 1. The minimum Gasteiger partial charge on any atom is -0.344 e. The van der Waals surface area contributed by atoms with Crippen LogP contribution in [0.3, 0.4) is 0 Å². The van der Waals surface area contributed by atoms with Crippen LogP contribution in [0.1, 0.15) is 44.2 Å². The van der Waals surface area contributed by atoms with Crippen LogP contribution in [-0.4, -0.2) is 47.2 Å². The number of aromatic nitrogens is 2. The van der Waals surface area contributed by atoms with E-state index in [0.717, 1.165) is 62.9 Å². The van der Waals surface area contributed by atoms with Crippen LogP contribution in [0.2, 0.25) is 0 Å². The number of likely N-dealkylation sites (N-methyl/N-ethyl adjacent to an activating group) is 1. The molecule has 1 aromatic carbocycles. The zero-order valence-corrected chi connectivity index (χ0v) is 15.7. The van der Waals surface area contributed by atoms with Crippen molar-refractivity contribution >= 4 is 5.91 Å². The van der Waals surface area contributed by atoms with Crippen LogP contribution < -0.4 is 5.32 Å². The molecule has 1 fully saturated rings. The zero-order valence-electron chi connectivity index (χ0n) is 15.7. The van der Waals surface area contributed by atoms with E-state index in [2.05, 4.69) is 33.7 Å². The molecule has 0 saturated carbocycles. The first-order valence-corrected chi connectivity index (χ1v) is 9.82. The van der Waals surface area contributed by atoms with E-state index in [-0.39, 0.29) is 11.9 Å². The number of nitrogens with zero attached hydrogens (tertiary/aromatic N) is 2. The highest BCUT2D eigenvalue weighted by atomic mass is 16.2. The summed E-state index contributed by atoms with van der Waals surface area (Å²) in [5.74, 6) is 0.255. The van der Waals surface area contributed by atoms with Crippen molar-refractivity contribution in [1.29, 1.82) is 0 Å². The first-order valence-electron chi connectivity index (χ1n) is 9.82. The van der Waals surface area contributed by atoms with Crippen molar-refractivity contribution in [2.45, 2.75) is 51.0 Å². The molecular weight excluding hydrogens is 324 g/mol. The summed E-state index contributed by atoms with van der Waals surface area (Å²) in [4.78, 5) is 14.3. The lowest BCUT2D eigenvalue weighted by Crippen LogP contribution is -2.47. The third-order valence-electron chi connectivity index (χ3n) is 5.12. The van der Waals surface area contributed by atoms with Gasteiger partial charge in [0.2, 0.25) is 5.91 Å². The van der Waals surface area contributed by atoms with Crippen molar-refractivity contribution in [2.24, 2.45) is 0 Å². The van der Waals surface area contributed by atoms with Gasteiger partial charge in [-0.05, 0) is 44.7 Å². The van der Waals surface area contributed by atoms with E-state index in [4.69, 9.17) is 0 Å². The maximum atomic E-state index is 12.4. The second kappa shape index (κ2) is 9.53. The molecule has 1 aliphatic heterocycles. The van der Waals surface area contributed by atoms with Gasteiger partial charge in [-0.2, -0.15) is 5.10 Å². The van der Waals surface area contributed by atoms with E-state index in [1.807, 2.05) is 30.1 Å². The molecule has 1 aromatic heterocycles. The third-order valence-corrected chi connectivity index (χ3v) is 5.12.